The Morgan fingerprint density at radius 3 is 2.95 bits per heavy atom. The van der Waals surface area contributed by atoms with E-state index in [4.69, 9.17) is 23.8 Å². The van der Waals surface area contributed by atoms with E-state index in [1.54, 1.807) is 30.1 Å². The number of thiocarbonyl (C=S) groups is 1. The predicted octanol–water partition coefficient (Wildman–Crippen LogP) is 3.40. The number of rotatable bonds is 3. The van der Waals surface area contributed by atoms with Crippen LogP contribution in [0.15, 0.2) is 28.9 Å². The lowest BCUT2D eigenvalue weighted by molar-refractivity contribution is 0.586. The zero-order valence-corrected chi connectivity index (χ0v) is 13.6. The average molecular weight is 378 g/mol. The molecule has 2 N–H and O–H groups in total. The molecule has 0 amide bonds. The van der Waals surface area contributed by atoms with Crippen LogP contribution in [0, 0.1) is 5.82 Å². The molecule has 1 aromatic heterocycles. The second kappa shape index (κ2) is 6.51. The minimum Gasteiger partial charge on any atom is -0.365 e. The number of nitrogens with zero attached hydrogens (tertiary/aromatic N) is 2. The van der Waals surface area contributed by atoms with Gasteiger partial charge in [-0.25, -0.2) is 4.39 Å². The van der Waals surface area contributed by atoms with Crippen LogP contribution in [0.4, 0.5) is 10.2 Å². The highest BCUT2D eigenvalue weighted by Gasteiger charge is 2.11. The van der Waals surface area contributed by atoms with E-state index < -0.39 is 0 Å². The van der Waals surface area contributed by atoms with Gasteiger partial charge in [-0.2, -0.15) is 5.10 Å². The van der Waals surface area contributed by atoms with Crippen LogP contribution in [-0.2, 0) is 6.54 Å². The number of aromatic nitrogens is 2. The standard InChI is InChI=1S/C12H11BrClFN4S/c1-16-12(20)17-11-8(13)6-19(18-11)5-7-9(14)3-2-4-10(7)15/h2-4,6H,5H2,1H3,(H2,16,17,18,20). The van der Waals surface area contributed by atoms with Crippen molar-refractivity contribution in [3.05, 3.63) is 45.3 Å². The first-order chi connectivity index (χ1) is 9.51. The Bertz CT molecular complexity index is 626. The largest absolute Gasteiger partial charge is 0.365 e. The monoisotopic (exact) mass is 376 g/mol. The lowest BCUT2D eigenvalue weighted by Gasteiger charge is -2.06. The average Bonchev–Trinajstić information content (AvgIpc) is 2.74. The smallest absolute Gasteiger partial charge is 0.171 e. The van der Waals surface area contributed by atoms with Crippen LogP contribution in [0.5, 0.6) is 0 Å². The molecule has 4 nitrogen and oxygen atoms in total. The van der Waals surface area contributed by atoms with Crippen molar-refractivity contribution in [2.45, 2.75) is 6.54 Å². The van der Waals surface area contributed by atoms with Crippen molar-refractivity contribution in [3.8, 4) is 0 Å². The number of halogens is 3. The van der Waals surface area contributed by atoms with Gasteiger partial charge >= 0.3 is 0 Å². The molecule has 8 heteroatoms. The zero-order valence-electron chi connectivity index (χ0n) is 10.5. The molecule has 1 heterocycles. The van der Waals surface area contributed by atoms with Gasteiger partial charge in [0.1, 0.15) is 5.82 Å². The summed E-state index contributed by atoms with van der Waals surface area (Å²) in [6, 6.07) is 4.58. The topological polar surface area (TPSA) is 41.9 Å². The van der Waals surface area contributed by atoms with Crippen LogP contribution >= 0.6 is 39.7 Å². The maximum Gasteiger partial charge on any atom is 0.171 e. The van der Waals surface area contributed by atoms with Gasteiger partial charge in [0, 0.05) is 23.8 Å². The Hall–Kier alpha value is -1.18. The minimum atomic E-state index is -0.357. The quantitative estimate of drug-likeness (QED) is 0.805. The summed E-state index contributed by atoms with van der Waals surface area (Å²) in [5, 5.41) is 10.8. The van der Waals surface area contributed by atoms with Crippen molar-refractivity contribution in [2.24, 2.45) is 0 Å². The maximum absolute atomic E-state index is 13.7. The maximum atomic E-state index is 13.7. The Balaban J connectivity index is 2.23. The first kappa shape index (κ1) is 15.2. The van der Waals surface area contributed by atoms with E-state index >= 15 is 0 Å². The molecule has 0 aliphatic heterocycles. The van der Waals surface area contributed by atoms with E-state index in [1.165, 1.54) is 6.07 Å². The molecular weight excluding hydrogens is 367 g/mol. The fourth-order valence-corrected chi connectivity index (χ4v) is 2.31. The highest BCUT2D eigenvalue weighted by atomic mass is 79.9. The number of anilines is 1. The molecule has 1 aromatic carbocycles. The van der Waals surface area contributed by atoms with Gasteiger partial charge in [0.05, 0.1) is 11.0 Å². The summed E-state index contributed by atoms with van der Waals surface area (Å²) in [4.78, 5) is 0. The van der Waals surface area contributed by atoms with E-state index in [2.05, 4.69) is 31.7 Å². The fourth-order valence-electron chi connectivity index (χ4n) is 1.58. The molecule has 0 radical (unpaired) electrons. The molecule has 2 aromatic rings. The van der Waals surface area contributed by atoms with Gasteiger partial charge in [0.25, 0.3) is 0 Å². The van der Waals surface area contributed by atoms with Crippen molar-refractivity contribution >= 4 is 50.7 Å². The first-order valence-corrected chi connectivity index (χ1v) is 7.23. The van der Waals surface area contributed by atoms with Crippen molar-refractivity contribution in [1.29, 1.82) is 0 Å². The molecule has 0 unspecified atom stereocenters. The fraction of sp³-hybridized carbons (Fsp3) is 0.167. The van der Waals surface area contributed by atoms with Crippen molar-refractivity contribution in [3.63, 3.8) is 0 Å². The minimum absolute atomic E-state index is 0.234. The summed E-state index contributed by atoms with van der Waals surface area (Å²) in [5.74, 6) is 0.196. The van der Waals surface area contributed by atoms with Gasteiger partial charge < -0.3 is 10.6 Å². The van der Waals surface area contributed by atoms with Crippen LogP contribution < -0.4 is 10.6 Å². The second-order valence-corrected chi connectivity index (χ2v) is 5.60. The highest BCUT2D eigenvalue weighted by Crippen LogP contribution is 2.23. The van der Waals surface area contributed by atoms with E-state index in [1.807, 2.05) is 0 Å². The number of hydrogen-bond acceptors (Lipinski definition) is 2. The van der Waals surface area contributed by atoms with E-state index in [0.717, 1.165) is 4.47 Å². The normalized spacial score (nSPS) is 10.4. The summed E-state index contributed by atoms with van der Waals surface area (Å²) < 4.78 is 16.0. The lowest BCUT2D eigenvalue weighted by atomic mass is 10.2. The van der Waals surface area contributed by atoms with Gasteiger partial charge in [-0.05, 0) is 40.3 Å². The first-order valence-electron chi connectivity index (χ1n) is 5.66. The number of nitrogens with one attached hydrogen (secondary N) is 2. The summed E-state index contributed by atoms with van der Waals surface area (Å²) in [5.41, 5.74) is 0.395. The molecule has 0 fully saturated rings. The molecule has 0 aliphatic carbocycles. The Morgan fingerprint density at radius 2 is 2.30 bits per heavy atom. The molecule has 0 spiro atoms. The third-order valence-electron chi connectivity index (χ3n) is 2.56. The van der Waals surface area contributed by atoms with Crippen LogP contribution in [0.3, 0.4) is 0 Å². The third-order valence-corrected chi connectivity index (χ3v) is 3.80. The predicted molar refractivity (Wildman–Crippen MR) is 85.7 cm³/mol. The zero-order chi connectivity index (χ0) is 14.7. The van der Waals surface area contributed by atoms with Crippen LogP contribution in [-0.4, -0.2) is 21.9 Å². The SMILES string of the molecule is CNC(=S)Nc1nn(Cc2c(F)cccc2Cl)cc1Br. The number of benzene rings is 1. The second-order valence-electron chi connectivity index (χ2n) is 3.93. The Labute approximate surface area is 134 Å². The molecule has 0 bridgehead atoms. The summed E-state index contributed by atoms with van der Waals surface area (Å²) in [7, 11) is 1.71. The highest BCUT2D eigenvalue weighted by molar-refractivity contribution is 9.10. The molecule has 0 saturated heterocycles. The molecule has 0 aliphatic rings. The van der Waals surface area contributed by atoms with Gasteiger partial charge in [0.15, 0.2) is 10.9 Å². The summed E-state index contributed by atoms with van der Waals surface area (Å²) >= 11 is 14.4. The molecule has 2 rings (SSSR count). The van der Waals surface area contributed by atoms with Gasteiger partial charge in [-0.3, -0.25) is 4.68 Å². The van der Waals surface area contributed by atoms with Crippen molar-refractivity contribution in [1.82, 2.24) is 15.1 Å². The molecule has 0 atom stereocenters. The van der Waals surface area contributed by atoms with Gasteiger partial charge in [0.2, 0.25) is 0 Å². The number of hydrogen-bond donors (Lipinski definition) is 2. The lowest BCUT2D eigenvalue weighted by Crippen LogP contribution is -2.24. The summed E-state index contributed by atoms with van der Waals surface area (Å²) in [6.07, 6.45) is 1.73. The van der Waals surface area contributed by atoms with Gasteiger partial charge in [-0.1, -0.05) is 17.7 Å². The third kappa shape index (κ3) is 3.47. The molecule has 0 saturated carbocycles. The Kier molecular flexibility index (Phi) is 4.95. The van der Waals surface area contributed by atoms with E-state index in [0.29, 0.717) is 21.5 Å². The van der Waals surface area contributed by atoms with Crippen molar-refractivity contribution in [2.75, 3.05) is 12.4 Å². The molecule has 20 heavy (non-hydrogen) atoms. The summed E-state index contributed by atoms with van der Waals surface area (Å²) in [6.45, 7) is 0.234. The van der Waals surface area contributed by atoms with Crippen molar-refractivity contribution < 1.29 is 4.39 Å². The van der Waals surface area contributed by atoms with E-state index in [9.17, 15) is 4.39 Å². The molecule has 106 valence electrons. The molecular formula is C12H11BrClFN4S. The van der Waals surface area contributed by atoms with Crippen LogP contribution in [0.25, 0.3) is 0 Å². The van der Waals surface area contributed by atoms with Crippen LogP contribution in [0.1, 0.15) is 5.56 Å². The van der Waals surface area contributed by atoms with Gasteiger partial charge in [-0.15, -0.1) is 0 Å². The van der Waals surface area contributed by atoms with E-state index in [-0.39, 0.29) is 12.4 Å². The Morgan fingerprint density at radius 1 is 1.55 bits per heavy atom. The van der Waals surface area contributed by atoms with Crippen LogP contribution in [0.2, 0.25) is 5.02 Å².